The highest BCUT2D eigenvalue weighted by Gasteiger charge is 2.66. The summed E-state index contributed by atoms with van der Waals surface area (Å²) in [7, 11) is 0. The standard InChI is InChI=1S/C15H25NO3/c1-4-9-7-5-6-8-10(9)16-13(17)11-12(14(18)19)15(11,2)3/h9-12H,4-8H2,1-3H3,(H,16,17)(H,18,19). The number of carboxylic acid groups (broad SMARTS) is 1. The maximum Gasteiger partial charge on any atom is 0.307 e. The lowest BCUT2D eigenvalue weighted by Gasteiger charge is -2.31. The summed E-state index contributed by atoms with van der Waals surface area (Å²) in [5, 5.41) is 12.3. The number of aliphatic carboxylic acids is 1. The summed E-state index contributed by atoms with van der Waals surface area (Å²) < 4.78 is 0. The van der Waals surface area contributed by atoms with Crippen LogP contribution >= 0.6 is 0 Å². The Balaban J connectivity index is 1.96. The van der Waals surface area contributed by atoms with Gasteiger partial charge in [0.1, 0.15) is 0 Å². The Morgan fingerprint density at radius 1 is 1.21 bits per heavy atom. The van der Waals surface area contributed by atoms with Gasteiger partial charge in [-0.25, -0.2) is 0 Å². The van der Waals surface area contributed by atoms with Crippen molar-refractivity contribution in [3.05, 3.63) is 0 Å². The summed E-state index contributed by atoms with van der Waals surface area (Å²) in [6.07, 6.45) is 5.71. The van der Waals surface area contributed by atoms with Crippen LogP contribution in [0.25, 0.3) is 0 Å². The van der Waals surface area contributed by atoms with Gasteiger partial charge in [0, 0.05) is 6.04 Å². The van der Waals surface area contributed by atoms with Crippen LogP contribution in [0.4, 0.5) is 0 Å². The second kappa shape index (κ2) is 5.14. The summed E-state index contributed by atoms with van der Waals surface area (Å²) >= 11 is 0. The average Bonchev–Trinajstić information content (AvgIpc) is 2.93. The van der Waals surface area contributed by atoms with Crippen LogP contribution in [0.2, 0.25) is 0 Å². The zero-order valence-electron chi connectivity index (χ0n) is 12.1. The smallest absolute Gasteiger partial charge is 0.307 e. The minimum Gasteiger partial charge on any atom is -0.481 e. The lowest BCUT2D eigenvalue weighted by Crippen LogP contribution is -2.43. The Morgan fingerprint density at radius 2 is 1.84 bits per heavy atom. The van der Waals surface area contributed by atoms with E-state index in [-0.39, 0.29) is 17.9 Å². The molecule has 4 unspecified atom stereocenters. The van der Waals surface area contributed by atoms with Crippen LogP contribution in [0, 0.1) is 23.2 Å². The van der Waals surface area contributed by atoms with Gasteiger partial charge in [-0.1, -0.05) is 40.0 Å². The van der Waals surface area contributed by atoms with Gasteiger partial charge in [0.2, 0.25) is 5.91 Å². The second-order valence-electron chi connectivity index (χ2n) is 6.68. The first-order valence-corrected chi connectivity index (χ1v) is 7.42. The molecule has 0 spiro atoms. The molecule has 2 N–H and O–H groups in total. The van der Waals surface area contributed by atoms with E-state index < -0.39 is 17.3 Å². The second-order valence-corrected chi connectivity index (χ2v) is 6.68. The fourth-order valence-electron chi connectivity index (χ4n) is 3.75. The molecule has 0 bridgehead atoms. The van der Waals surface area contributed by atoms with E-state index in [9.17, 15) is 9.59 Å². The van der Waals surface area contributed by atoms with Gasteiger partial charge in [-0.05, 0) is 24.2 Å². The van der Waals surface area contributed by atoms with E-state index >= 15 is 0 Å². The number of carboxylic acids is 1. The van der Waals surface area contributed by atoms with Gasteiger partial charge in [-0.2, -0.15) is 0 Å². The predicted molar refractivity (Wildman–Crippen MR) is 72.6 cm³/mol. The number of amides is 1. The van der Waals surface area contributed by atoms with Crippen molar-refractivity contribution in [2.45, 2.75) is 58.9 Å². The quantitative estimate of drug-likeness (QED) is 0.822. The van der Waals surface area contributed by atoms with Crippen LogP contribution in [0.15, 0.2) is 0 Å². The highest BCUT2D eigenvalue weighted by atomic mass is 16.4. The van der Waals surface area contributed by atoms with Gasteiger partial charge in [0.15, 0.2) is 0 Å². The van der Waals surface area contributed by atoms with E-state index in [1.807, 2.05) is 13.8 Å². The third-order valence-corrected chi connectivity index (χ3v) is 5.14. The Hall–Kier alpha value is -1.06. The van der Waals surface area contributed by atoms with Crippen molar-refractivity contribution >= 4 is 11.9 Å². The maximum atomic E-state index is 12.3. The van der Waals surface area contributed by atoms with Crippen LogP contribution in [-0.2, 0) is 9.59 Å². The Labute approximate surface area is 115 Å². The van der Waals surface area contributed by atoms with Crippen molar-refractivity contribution in [2.75, 3.05) is 0 Å². The van der Waals surface area contributed by atoms with Crippen molar-refractivity contribution in [3.8, 4) is 0 Å². The molecule has 0 aromatic heterocycles. The molecule has 2 aliphatic carbocycles. The molecule has 2 saturated carbocycles. The summed E-state index contributed by atoms with van der Waals surface area (Å²) in [5.74, 6) is -1.22. The zero-order chi connectivity index (χ0) is 14.2. The van der Waals surface area contributed by atoms with Gasteiger partial charge in [0.05, 0.1) is 11.8 Å². The molecule has 0 aliphatic heterocycles. The molecule has 4 atom stereocenters. The molecular formula is C15H25NO3. The largest absolute Gasteiger partial charge is 0.481 e. The fraction of sp³-hybridized carbons (Fsp3) is 0.867. The van der Waals surface area contributed by atoms with E-state index in [1.54, 1.807) is 0 Å². The van der Waals surface area contributed by atoms with Crippen molar-refractivity contribution < 1.29 is 14.7 Å². The Morgan fingerprint density at radius 3 is 2.37 bits per heavy atom. The Kier molecular flexibility index (Phi) is 3.88. The van der Waals surface area contributed by atoms with Crippen LogP contribution < -0.4 is 5.32 Å². The van der Waals surface area contributed by atoms with Crippen LogP contribution in [0.5, 0.6) is 0 Å². The SMILES string of the molecule is CCC1CCCCC1NC(=O)C1C(C(=O)O)C1(C)C. The van der Waals surface area contributed by atoms with E-state index in [0.29, 0.717) is 5.92 Å². The number of carbonyl (C=O) groups excluding carboxylic acids is 1. The lowest BCUT2D eigenvalue weighted by atomic mass is 9.83. The van der Waals surface area contributed by atoms with E-state index in [0.717, 1.165) is 19.3 Å². The topological polar surface area (TPSA) is 66.4 Å². The maximum absolute atomic E-state index is 12.3. The molecule has 2 fully saturated rings. The molecule has 0 aromatic rings. The summed E-state index contributed by atoms with van der Waals surface area (Å²) in [5.41, 5.74) is -0.397. The van der Waals surface area contributed by atoms with Gasteiger partial charge in [-0.3, -0.25) is 9.59 Å². The highest BCUT2D eigenvalue weighted by Crippen LogP contribution is 2.58. The first-order valence-electron chi connectivity index (χ1n) is 7.42. The van der Waals surface area contributed by atoms with Gasteiger partial charge in [-0.15, -0.1) is 0 Å². The van der Waals surface area contributed by atoms with Crippen LogP contribution in [-0.4, -0.2) is 23.0 Å². The van der Waals surface area contributed by atoms with Crippen LogP contribution in [0.1, 0.15) is 52.9 Å². The van der Waals surface area contributed by atoms with E-state index in [2.05, 4.69) is 12.2 Å². The third kappa shape index (κ3) is 2.63. The molecule has 108 valence electrons. The summed E-state index contributed by atoms with van der Waals surface area (Å²) in [6, 6.07) is 0.247. The van der Waals surface area contributed by atoms with Crippen LogP contribution in [0.3, 0.4) is 0 Å². The predicted octanol–water partition coefficient (Wildman–Crippen LogP) is 2.43. The van der Waals surface area contributed by atoms with E-state index in [4.69, 9.17) is 5.11 Å². The monoisotopic (exact) mass is 267 g/mol. The van der Waals surface area contributed by atoms with Crippen molar-refractivity contribution in [1.82, 2.24) is 5.32 Å². The number of hydrogen-bond donors (Lipinski definition) is 2. The number of rotatable bonds is 4. The fourth-order valence-corrected chi connectivity index (χ4v) is 3.75. The molecule has 0 radical (unpaired) electrons. The number of hydrogen-bond acceptors (Lipinski definition) is 2. The summed E-state index contributed by atoms with van der Waals surface area (Å²) in [6.45, 7) is 5.90. The highest BCUT2D eigenvalue weighted by molar-refractivity contribution is 5.91. The molecule has 0 heterocycles. The molecule has 2 aliphatic rings. The van der Waals surface area contributed by atoms with Gasteiger partial charge < -0.3 is 10.4 Å². The summed E-state index contributed by atoms with van der Waals surface area (Å²) in [4.78, 5) is 23.4. The molecule has 1 amide bonds. The van der Waals surface area contributed by atoms with Crippen molar-refractivity contribution in [3.63, 3.8) is 0 Å². The molecule has 0 saturated heterocycles. The normalized spacial score (nSPS) is 36.6. The van der Waals surface area contributed by atoms with Crippen molar-refractivity contribution in [1.29, 1.82) is 0 Å². The third-order valence-electron chi connectivity index (χ3n) is 5.14. The van der Waals surface area contributed by atoms with Gasteiger partial charge >= 0.3 is 5.97 Å². The van der Waals surface area contributed by atoms with Crippen molar-refractivity contribution in [2.24, 2.45) is 23.2 Å². The number of nitrogens with one attached hydrogen (secondary N) is 1. The minimum atomic E-state index is -0.846. The van der Waals surface area contributed by atoms with E-state index in [1.165, 1.54) is 12.8 Å². The molecule has 4 heteroatoms. The molecular weight excluding hydrogens is 242 g/mol. The van der Waals surface area contributed by atoms with Gasteiger partial charge in [0.25, 0.3) is 0 Å². The molecule has 2 rings (SSSR count). The molecule has 19 heavy (non-hydrogen) atoms. The number of carbonyl (C=O) groups is 2. The average molecular weight is 267 g/mol. The minimum absolute atomic E-state index is 0.0530. The molecule has 4 nitrogen and oxygen atoms in total. The molecule has 0 aromatic carbocycles. The first-order chi connectivity index (χ1) is 8.89. The zero-order valence-corrected chi connectivity index (χ0v) is 12.1. The first kappa shape index (κ1) is 14.4. The lowest BCUT2D eigenvalue weighted by molar-refractivity contribution is -0.140. The Bertz CT molecular complexity index is 378.